The van der Waals surface area contributed by atoms with E-state index in [1.54, 1.807) is 57.2 Å². The number of aliphatic hydroxyl groups is 1. The number of benzene rings is 1. The summed E-state index contributed by atoms with van der Waals surface area (Å²) in [4.78, 5) is 12.3. The lowest BCUT2D eigenvalue weighted by atomic mass is 10.0. The van der Waals surface area contributed by atoms with Gasteiger partial charge in [-0.15, -0.1) is 10.2 Å². The molecule has 0 fully saturated rings. The highest BCUT2D eigenvalue weighted by molar-refractivity contribution is 5.94. The van der Waals surface area contributed by atoms with Gasteiger partial charge in [0.15, 0.2) is 0 Å². The molecule has 1 atom stereocenters. The first-order valence-corrected chi connectivity index (χ1v) is 7.83. The number of nitrogens with one attached hydrogen (secondary N) is 1. The Morgan fingerprint density at radius 2 is 1.84 bits per heavy atom. The molecule has 0 saturated heterocycles. The molecule has 0 aliphatic carbocycles. The van der Waals surface area contributed by atoms with Crippen molar-refractivity contribution in [3.8, 4) is 11.5 Å². The second kappa shape index (κ2) is 6.52. The molecule has 2 N–H and O–H groups in total. The zero-order valence-corrected chi connectivity index (χ0v) is 14.2. The average Bonchev–Trinajstić information content (AvgIpc) is 3.22. The highest BCUT2D eigenvalue weighted by atomic mass is 16.4. The van der Waals surface area contributed by atoms with Gasteiger partial charge in [0.2, 0.25) is 11.8 Å². The molecular formula is C18H19N3O4. The van der Waals surface area contributed by atoms with Crippen molar-refractivity contribution in [3.63, 3.8) is 0 Å². The number of nitrogens with zero attached hydrogens (tertiary/aromatic N) is 2. The van der Waals surface area contributed by atoms with Crippen LogP contribution in [0.1, 0.15) is 34.7 Å². The van der Waals surface area contributed by atoms with Crippen LogP contribution in [-0.4, -0.2) is 27.8 Å². The van der Waals surface area contributed by atoms with Crippen LogP contribution in [0.4, 0.5) is 0 Å². The van der Waals surface area contributed by atoms with E-state index in [-0.39, 0.29) is 12.5 Å². The fraction of sp³-hybridized carbons (Fsp3) is 0.278. The van der Waals surface area contributed by atoms with Crippen molar-refractivity contribution in [2.75, 3.05) is 6.54 Å². The highest BCUT2D eigenvalue weighted by Crippen LogP contribution is 2.22. The van der Waals surface area contributed by atoms with Crippen molar-refractivity contribution < 1.29 is 18.7 Å². The fourth-order valence-electron chi connectivity index (χ4n) is 2.34. The quantitative estimate of drug-likeness (QED) is 0.739. The van der Waals surface area contributed by atoms with Gasteiger partial charge in [-0.2, -0.15) is 0 Å². The SMILES string of the molecule is Cc1ccc(C(C)(O)CNC(=O)c2ccc(-c3nnc(C)o3)cc2)o1. The Bertz CT molecular complexity index is 878. The number of furan rings is 1. The summed E-state index contributed by atoms with van der Waals surface area (Å²) in [5.41, 5.74) is -0.0906. The summed E-state index contributed by atoms with van der Waals surface area (Å²) in [7, 11) is 0. The summed E-state index contributed by atoms with van der Waals surface area (Å²) in [6.45, 7) is 5.13. The summed E-state index contributed by atoms with van der Waals surface area (Å²) in [6, 6.07) is 10.3. The largest absolute Gasteiger partial charge is 0.463 e. The van der Waals surface area contributed by atoms with E-state index in [4.69, 9.17) is 8.83 Å². The monoisotopic (exact) mass is 341 g/mol. The molecule has 1 unspecified atom stereocenters. The highest BCUT2D eigenvalue weighted by Gasteiger charge is 2.27. The van der Waals surface area contributed by atoms with E-state index < -0.39 is 5.60 Å². The second-order valence-corrected chi connectivity index (χ2v) is 6.07. The molecule has 130 valence electrons. The molecule has 7 heteroatoms. The molecule has 0 saturated carbocycles. The van der Waals surface area contributed by atoms with Crippen molar-refractivity contribution >= 4 is 5.91 Å². The minimum Gasteiger partial charge on any atom is -0.463 e. The summed E-state index contributed by atoms with van der Waals surface area (Å²) < 4.78 is 10.8. The molecule has 0 bridgehead atoms. The van der Waals surface area contributed by atoms with Crippen LogP contribution in [0.15, 0.2) is 45.2 Å². The molecule has 2 heterocycles. The molecule has 0 aliphatic rings. The van der Waals surface area contributed by atoms with E-state index >= 15 is 0 Å². The number of carbonyl (C=O) groups excluding carboxylic acids is 1. The van der Waals surface area contributed by atoms with E-state index in [1.165, 1.54) is 0 Å². The topological polar surface area (TPSA) is 101 Å². The lowest BCUT2D eigenvalue weighted by molar-refractivity contribution is 0.0323. The number of aromatic nitrogens is 2. The van der Waals surface area contributed by atoms with Crippen LogP contribution in [0.3, 0.4) is 0 Å². The van der Waals surface area contributed by atoms with Crippen molar-refractivity contribution in [1.29, 1.82) is 0 Å². The predicted molar refractivity (Wildman–Crippen MR) is 89.8 cm³/mol. The first-order valence-electron chi connectivity index (χ1n) is 7.83. The number of hydrogen-bond donors (Lipinski definition) is 2. The van der Waals surface area contributed by atoms with Crippen molar-refractivity contribution in [1.82, 2.24) is 15.5 Å². The molecule has 1 amide bonds. The molecular weight excluding hydrogens is 322 g/mol. The standard InChI is InChI=1S/C18H19N3O4/c1-11-4-9-15(24-11)18(3,23)10-19-16(22)13-5-7-14(8-6-13)17-21-20-12(2)25-17/h4-9,23H,10H2,1-3H3,(H,19,22). The number of hydrogen-bond acceptors (Lipinski definition) is 6. The van der Waals surface area contributed by atoms with Crippen LogP contribution in [0.25, 0.3) is 11.5 Å². The summed E-state index contributed by atoms with van der Waals surface area (Å²) in [5.74, 6) is 1.70. The van der Waals surface area contributed by atoms with E-state index in [0.29, 0.717) is 28.9 Å². The predicted octanol–water partition coefficient (Wildman–Crippen LogP) is 2.58. The normalized spacial score (nSPS) is 13.4. The molecule has 3 rings (SSSR count). The van der Waals surface area contributed by atoms with E-state index in [9.17, 15) is 9.90 Å². The molecule has 2 aromatic heterocycles. The Balaban J connectivity index is 1.65. The van der Waals surface area contributed by atoms with Gasteiger partial charge in [-0.25, -0.2) is 0 Å². The van der Waals surface area contributed by atoms with Gasteiger partial charge in [-0.3, -0.25) is 4.79 Å². The van der Waals surface area contributed by atoms with Gasteiger partial charge in [0, 0.05) is 18.1 Å². The minimum atomic E-state index is -1.29. The van der Waals surface area contributed by atoms with Gasteiger partial charge in [-0.1, -0.05) is 0 Å². The third kappa shape index (κ3) is 3.77. The van der Waals surface area contributed by atoms with Crippen LogP contribution in [-0.2, 0) is 5.60 Å². The van der Waals surface area contributed by atoms with Crippen molar-refractivity contribution in [2.24, 2.45) is 0 Å². The molecule has 0 aliphatic heterocycles. The van der Waals surface area contributed by atoms with Gasteiger partial charge in [0.1, 0.15) is 17.1 Å². The summed E-state index contributed by atoms with van der Waals surface area (Å²) >= 11 is 0. The Labute approximate surface area is 144 Å². The van der Waals surface area contributed by atoms with E-state index in [2.05, 4.69) is 15.5 Å². The lowest BCUT2D eigenvalue weighted by Crippen LogP contribution is -2.38. The van der Waals surface area contributed by atoms with Gasteiger partial charge in [0.25, 0.3) is 5.91 Å². The molecule has 3 aromatic rings. The Hall–Kier alpha value is -2.93. The maximum Gasteiger partial charge on any atom is 0.251 e. The zero-order chi connectivity index (χ0) is 18.0. The lowest BCUT2D eigenvalue weighted by Gasteiger charge is -2.21. The van der Waals surface area contributed by atoms with E-state index in [0.717, 1.165) is 5.56 Å². The van der Waals surface area contributed by atoms with Crippen LogP contribution in [0.5, 0.6) is 0 Å². The third-order valence-electron chi connectivity index (χ3n) is 3.78. The number of aryl methyl sites for hydroxylation is 2. The maximum absolute atomic E-state index is 12.3. The number of carbonyl (C=O) groups is 1. The Morgan fingerprint density at radius 1 is 1.12 bits per heavy atom. The third-order valence-corrected chi connectivity index (χ3v) is 3.78. The minimum absolute atomic E-state index is 0.0311. The Kier molecular flexibility index (Phi) is 4.41. The second-order valence-electron chi connectivity index (χ2n) is 6.07. The fourth-order valence-corrected chi connectivity index (χ4v) is 2.34. The zero-order valence-electron chi connectivity index (χ0n) is 14.2. The van der Waals surface area contributed by atoms with Crippen LogP contribution >= 0.6 is 0 Å². The first kappa shape index (κ1) is 16.9. The Morgan fingerprint density at radius 3 is 2.40 bits per heavy atom. The van der Waals surface area contributed by atoms with Crippen molar-refractivity contribution in [3.05, 3.63) is 59.4 Å². The maximum atomic E-state index is 12.3. The molecule has 25 heavy (non-hydrogen) atoms. The summed E-state index contributed by atoms with van der Waals surface area (Å²) in [5, 5.41) is 20.9. The van der Waals surface area contributed by atoms with E-state index in [1.807, 2.05) is 0 Å². The van der Waals surface area contributed by atoms with Crippen molar-refractivity contribution in [2.45, 2.75) is 26.4 Å². The van der Waals surface area contributed by atoms with Gasteiger partial charge in [-0.05, 0) is 50.2 Å². The van der Waals surface area contributed by atoms with Gasteiger partial charge >= 0.3 is 0 Å². The molecule has 7 nitrogen and oxygen atoms in total. The van der Waals surface area contributed by atoms with Gasteiger partial charge in [0.05, 0.1) is 6.54 Å². The van der Waals surface area contributed by atoms with Crippen LogP contribution in [0.2, 0.25) is 0 Å². The van der Waals surface area contributed by atoms with Gasteiger partial charge < -0.3 is 19.3 Å². The first-order chi connectivity index (χ1) is 11.8. The summed E-state index contributed by atoms with van der Waals surface area (Å²) in [6.07, 6.45) is 0. The smallest absolute Gasteiger partial charge is 0.251 e. The average molecular weight is 341 g/mol. The van der Waals surface area contributed by atoms with Crippen LogP contribution in [0, 0.1) is 13.8 Å². The number of amides is 1. The van der Waals surface area contributed by atoms with Crippen LogP contribution < -0.4 is 5.32 Å². The molecule has 0 spiro atoms. The molecule has 1 aromatic carbocycles. The number of rotatable bonds is 5. The molecule has 0 radical (unpaired) electrons.